The number of hydrogen-bond donors (Lipinski definition) is 0. The summed E-state index contributed by atoms with van der Waals surface area (Å²) >= 11 is 0. The first-order valence-electron chi connectivity index (χ1n) is 6.30. The highest BCUT2D eigenvalue weighted by Crippen LogP contribution is 2.20. The van der Waals surface area contributed by atoms with Crippen LogP contribution in [0, 0.1) is 36.5 Å². The van der Waals surface area contributed by atoms with Gasteiger partial charge in [0.05, 0.1) is 25.2 Å². The summed E-state index contributed by atoms with van der Waals surface area (Å²) in [5, 5.41) is 17.2. The van der Waals surface area contributed by atoms with Crippen LogP contribution in [0.3, 0.4) is 0 Å². The van der Waals surface area contributed by atoms with Gasteiger partial charge in [0.25, 0.3) is 0 Å². The molecular formula is C15H17N3O2. The number of rotatable bonds is 6. The molecule has 104 valence electrons. The number of hydrogen-bond acceptors (Lipinski definition) is 4. The van der Waals surface area contributed by atoms with Gasteiger partial charge < -0.3 is 9.64 Å². The van der Waals surface area contributed by atoms with Crippen LogP contribution in [0.15, 0.2) is 18.2 Å². The molecule has 0 unspecified atom stereocenters. The summed E-state index contributed by atoms with van der Waals surface area (Å²) in [6.45, 7) is 4.04. The van der Waals surface area contributed by atoms with E-state index < -0.39 is 0 Å². The predicted molar refractivity (Wildman–Crippen MR) is 73.8 cm³/mol. The van der Waals surface area contributed by atoms with Crippen LogP contribution in [0.1, 0.15) is 17.5 Å². The van der Waals surface area contributed by atoms with E-state index in [0.29, 0.717) is 0 Å². The van der Waals surface area contributed by atoms with Gasteiger partial charge in [-0.25, -0.2) is 0 Å². The van der Waals surface area contributed by atoms with Crippen molar-refractivity contribution >= 4 is 5.91 Å². The third kappa shape index (κ3) is 4.29. The summed E-state index contributed by atoms with van der Waals surface area (Å²) in [6.07, 6.45) is 0.150. The van der Waals surface area contributed by atoms with Gasteiger partial charge in [0, 0.05) is 0 Å². The smallest absolute Gasteiger partial charge is 0.227 e. The van der Waals surface area contributed by atoms with E-state index in [0.717, 1.165) is 16.9 Å². The molecule has 0 aliphatic rings. The van der Waals surface area contributed by atoms with Crippen molar-refractivity contribution in [1.29, 1.82) is 10.5 Å². The molecule has 5 nitrogen and oxygen atoms in total. The molecule has 0 aliphatic heterocycles. The molecule has 5 heteroatoms. The Kier molecular flexibility index (Phi) is 6.06. The van der Waals surface area contributed by atoms with Gasteiger partial charge in [0.2, 0.25) is 5.91 Å². The molecule has 0 bridgehead atoms. The Bertz CT molecular complexity index is 539. The molecular weight excluding hydrogens is 254 g/mol. The molecule has 1 aromatic carbocycles. The number of nitriles is 2. The highest BCUT2D eigenvalue weighted by Gasteiger charge is 2.12. The summed E-state index contributed by atoms with van der Waals surface area (Å²) in [5.41, 5.74) is 2.18. The van der Waals surface area contributed by atoms with Crippen molar-refractivity contribution in [2.24, 2.45) is 0 Å². The lowest BCUT2D eigenvalue weighted by molar-refractivity contribution is -0.130. The number of amides is 1. The highest BCUT2D eigenvalue weighted by atomic mass is 16.5. The Balaban J connectivity index is 2.51. The monoisotopic (exact) mass is 271 g/mol. The van der Waals surface area contributed by atoms with Crippen LogP contribution in [0.2, 0.25) is 0 Å². The van der Waals surface area contributed by atoms with Crippen LogP contribution in [-0.4, -0.2) is 30.5 Å². The SMILES string of the molecule is Cc1cccc(OCCC(=O)N(CC#N)CC#N)c1C. The number of carbonyl (C=O) groups excluding carboxylic acids is 1. The van der Waals surface area contributed by atoms with Gasteiger partial charge in [-0.05, 0) is 31.0 Å². The van der Waals surface area contributed by atoms with Crippen molar-refractivity contribution in [2.45, 2.75) is 20.3 Å². The normalized spacial score (nSPS) is 9.40. The number of carbonyl (C=O) groups is 1. The molecule has 0 spiro atoms. The van der Waals surface area contributed by atoms with Gasteiger partial charge in [0.15, 0.2) is 0 Å². The second kappa shape index (κ2) is 7.81. The van der Waals surface area contributed by atoms with E-state index >= 15 is 0 Å². The lowest BCUT2D eigenvalue weighted by atomic mass is 10.1. The van der Waals surface area contributed by atoms with Gasteiger partial charge in [-0.2, -0.15) is 10.5 Å². The van der Waals surface area contributed by atoms with Gasteiger partial charge >= 0.3 is 0 Å². The number of ether oxygens (including phenoxy) is 1. The standard InChI is InChI=1S/C15H17N3O2/c1-12-4-3-5-14(13(12)2)20-11-6-15(19)18(9-7-16)10-8-17/h3-5H,6,9-11H2,1-2H3. The molecule has 20 heavy (non-hydrogen) atoms. The maximum Gasteiger partial charge on any atom is 0.227 e. The van der Waals surface area contributed by atoms with Crippen LogP contribution < -0.4 is 4.74 Å². The maximum absolute atomic E-state index is 11.8. The van der Waals surface area contributed by atoms with E-state index in [4.69, 9.17) is 15.3 Å². The van der Waals surface area contributed by atoms with Crippen molar-refractivity contribution in [3.05, 3.63) is 29.3 Å². The number of aryl methyl sites for hydroxylation is 1. The fraction of sp³-hybridized carbons (Fsp3) is 0.400. The number of nitrogens with zero attached hydrogens (tertiary/aromatic N) is 3. The largest absolute Gasteiger partial charge is 0.493 e. The molecule has 0 aliphatic carbocycles. The second-order valence-corrected chi connectivity index (χ2v) is 4.36. The zero-order valence-corrected chi connectivity index (χ0v) is 11.7. The minimum Gasteiger partial charge on any atom is -0.493 e. The summed E-state index contributed by atoms with van der Waals surface area (Å²) < 4.78 is 5.58. The molecule has 0 N–H and O–H groups in total. The Hall–Kier alpha value is -2.53. The van der Waals surface area contributed by atoms with E-state index in [9.17, 15) is 4.79 Å². The number of benzene rings is 1. The summed E-state index contributed by atoms with van der Waals surface area (Å²) in [4.78, 5) is 13.0. The lowest BCUT2D eigenvalue weighted by Crippen LogP contribution is -2.32. The molecule has 1 aromatic rings. The van der Waals surface area contributed by atoms with Crippen molar-refractivity contribution in [3.8, 4) is 17.9 Å². The van der Waals surface area contributed by atoms with Crippen LogP contribution in [-0.2, 0) is 4.79 Å². The topological polar surface area (TPSA) is 77.1 Å². The van der Waals surface area contributed by atoms with Crippen LogP contribution in [0.5, 0.6) is 5.75 Å². The van der Waals surface area contributed by atoms with E-state index in [1.54, 1.807) is 0 Å². The Labute approximate surface area is 119 Å². The van der Waals surface area contributed by atoms with Gasteiger partial charge in [-0.3, -0.25) is 4.79 Å². The van der Waals surface area contributed by atoms with Gasteiger partial charge in [-0.1, -0.05) is 12.1 Å². The molecule has 0 radical (unpaired) electrons. The van der Waals surface area contributed by atoms with E-state index in [2.05, 4.69) is 0 Å². The van der Waals surface area contributed by atoms with Crippen molar-refractivity contribution in [1.82, 2.24) is 4.90 Å². The maximum atomic E-state index is 11.8. The van der Waals surface area contributed by atoms with Crippen LogP contribution in [0.4, 0.5) is 0 Å². The van der Waals surface area contributed by atoms with Gasteiger partial charge in [-0.15, -0.1) is 0 Å². The highest BCUT2D eigenvalue weighted by molar-refractivity contribution is 5.76. The molecule has 0 aromatic heterocycles. The molecule has 0 fully saturated rings. The summed E-state index contributed by atoms with van der Waals surface area (Å²) in [7, 11) is 0. The first-order chi connectivity index (χ1) is 9.60. The van der Waals surface area contributed by atoms with Crippen molar-refractivity contribution < 1.29 is 9.53 Å². The lowest BCUT2D eigenvalue weighted by Gasteiger charge is -2.16. The Morgan fingerprint density at radius 2 is 1.90 bits per heavy atom. The van der Waals surface area contributed by atoms with Gasteiger partial charge in [0.1, 0.15) is 18.8 Å². The minimum absolute atomic E-state index is 0.0735. The van der Waals surface area contributed by atoms with Crippen molar-refractivity contribution in [3.63, 3.8) is 0 Å². The van der Waals surface area contributed by atoms with E-state index in [1.807, 2.05) is 44.2 Å². The first-order valence-corrected chi connectivity index (χ1v) is 6.30. The third-order valence-corrected chi connectivity index (χ3v) is 3.00. The summed E-state index contributed by atoms with van der Waals surface area (Å²) in [5.74, 6) is 0.503. The fourth-order valence-electron chi connectivity index (χ4n) is 1.69. The van der Waals surface area contributed by atoms with Crippen LogP contribution in [0.25, 0.3) is 0 Å². The zero-order chi connectivity index (χ0) is 15.0. The predicted octanol–water partition coefficient (Wildman–Crippen LogP) is 1.95. The average molecular weight is 271 g/mol. The molecule has 0 saturated carbocycles. The van der Waals surface area contributed by atoms with E-state index in [1.165, 1.54) is 4.90 Å². The zero-order valence-electron chi connectivity index (χ0n) is 11.7. The Morgan fingerprint density at radius 1 is 1.25 bits per heavy atom. The Morgan fingerprint density at radius 3 is 2.50 bits per heavy atom. The van der Waals surface area contributed by atoms with Crippen LogP contribution >= 0.6 is 0 Å². The molecule has 0 atom stereocenters. The van der Waals surface area contributed by atoms with E-state index in [-0.39, 0.29) is 32.0 Å². The second-order valence-electron chi connectivity index (χ2n) is 4.36. The third-order valence-electron chi connectivity index (χ3n) is 3.00. The quantitative estimate of drug-likeness (QED) is 0.741. The molecule has 0 heterocycles. The molecule has 0 saturated heterocycles. The molecule has 1 rings (SSSR count). The fourth-order valence-corrected chi connectivity index (χ4v) is 1.69. The summed E-state index contributed by atoms with van der Waals surface area (Å²) in [6, 6.07) is 9.49. The average Bonchev–Trinajstić information content (AvgIpc) is 2.43. The van der Waals surface area contributed by atoms with Crippen molar-refractivity contribution in [2.75, 3.05) is 19.7 Å². The minimum atomic E-state index is -0.251. The molecule has 1 amide bonds. The first kappa shape index (κ1) is 15.5.